The highest BCUT2D eigenvalue weighted by Crippen LogP contribution is 2.29. The summed E-state index contributed by atoms with van der Waals surface area (Å²) in [5, 5.41) is 2.59. The fourth-order valence-corrected chi connectivity index (χ4v) is 2.25. The number of rotatable bonds is 3. The van der Waals surface area contributed by atoms with Gasteiger partial charge in [0.1, 0.15) is 11.6 Å². The Kier molecular flexibility index (Phi) is 4.01. The number of alkyl halides is 3. The van der Waals surface area contributed by atoms with Gasteiger partial charge in [-0.3, -0.25) is 4.79 Å². The molecule has 24 heavy (non-hydrogen) atoms. The molecular weight excluding hydrogens is 321 g/mol. The summed E-state index contributed by atoms with van der Waals surface area (Å²) >= 11 is 0. The van der Waals surface area contributed by atoms with Crippen molar-refractivity contribution in [1.29, 1.82) is 0 Å². The van der Waals surface area contributed by atoms with Crippen LogP contribution in [0, 0.1) is 0 Å². The number of hydrogen-bond acceptors (Lipinski definition) is 3. The number of fused-ring (bicyclic) bond motifs is 1. The quantitative estimate of drug-likeness (QED) is 0.775. The van der Waals surface area contributed by atoms with Crippen LogP contribution in [-0.4, -0.2) is 10.9 Å². The molecule has 3 rings (SSSR count). The molecule has 2 aromatic carbocycles. The van der Waals surface area contributed by atoms with Gasteiger partial charge >= 0.3 is 6.18 Å². The fraction of sp³-hybridized carbons (Fsp3) is 0.176. The average Bonchev–Trinajstić information content (AvgIpc) is 2.98. The van der Waals surface area contributed by atoms with E-state index in [9.17, 15) is 18.0 Å². The van der Waals surface area contributed by atoms with Crippen LogP contribution >= 0.6 is 0 Å². The molecule has 0 aliphatic carbocycles. The van der Waals surface area contributed by atoms with Crippen molar-refractivity contribution in [2.24, 2.45) is 0 Å². The van der Waals surface area contributed by atoms with E-state index in [1.54, 1.807) is 31.2 Å². The van der Waals surface area contributed by atoms with Crippen LogP contribution in [0.5, 0.6) is 0 Å². The lowest BCUT2D eigenvalue weighted by Crippen LogP contribution is -2.27. The van der Waals surface area contributed by atoms with Gasteiger partial charge in [0.2, 0.25) is 5.89 Å². The molecule has 124 valence electrons. The van der Waals surface area contributed by atoms with E-state index in [0.29, 0.717) is 11.1 Å². The van der Waals surface area contributed by atoms with Crippen molar-refractivity contribution in [2.45, 2.75) is 19.1 Å². The Morgan fingerprint density at radius 1 is 1.17 bits per heavy atom. The summed E-state index contributed by atoms with van der Waals surface area (Å²) < 4.78 is 43.7. The topological polar surface area (TPSA) is 55.1 Å². The maximum absolute atomic E-state index is 12.7. The lowest BCUT2D eigenvalue weighted by molar-refractivity contribution is -0.137. The third-order valence-electron chi connectivity index (χ3n) is 3.48. The monoisotopic (exact) mass is 334 g/mol. The standard InChI is InChI=1S/C17H13F3N2O2/c1-10(16-22-13-7-2-3-8-14(13)24-16)21-15(23)11-5-4-6-12(9-11)17(18,19)20/h2-10H,1H3,(H,21,23). The normalized spacial score (nSPS) is 13.0. The van der Waals surface area contributed by atoms with Gasteiger partial charge in [-0.25, -0.2) is 4.98 Å². The number of oxazole rings is 1. The number of para-hydroxylation sites is 2. The Balaban J connectivity index is 1.79. The predicted octanol–water partition coefficient (Wildman–Crippen LogP) is 4.34. The lowest BCUT2D eigenvalue weighted by atomic mass is 10.1. The molecule has 0 radical (unpaired) electrons. The molecule has 1 N–H and O–H groups in total. The second kappa shape index (κ2) is 5.99. The predicted molar refractivity (Wildman–Crippen MR) is 81.3 cm³/mol. The Labute approximate surface area is 135 Å². The highest BCUT2D eigenvalue weighted by molar-refractivity contribution is 5.94. The van der Waals surface area contributed by atoms with Crippen molar-refractivity contribution in [2.75, 3.05) is 0 Å². The van der Waals surface area contributed by atoms with Gasteiger partial charge in [0.05, 0.1) is 5.56 Å². The zero-order chi connectivity index (χ0) is 17.3. The number of nitrogens with zero attached hydrogens (tertiary/aromatic N) is 1. The van der Waals surface area contributed by atoms with Crippen LogP contribution in [0.15, 0.2) is 52.9 Å². The SMILES string of the molecule is CC(NC(=O)c1cccc(C(F)(F)F)c1)c1nc2ccccc2o1. The second-order valence-corrected chi connectivity index (χ2v) is 5.29. The zero-order valence-corrected chi connectivity index (χ0v) is 12.6. The van der Waals surface area contributed by atoms with Gasteiger partial charge in [-0.05, 0) is 37.3 Å². The van der Waals surface area contributed by atoms with Gasteiger partial charge in [-0.1, -0.05) is 18.2 Å². The van der Waals surface area contributed by atoms with Gasteiger partial charge in [-0.15, -0.1) is 0 Å². The van der Waals surface area contributed by atoms with Crippen molar-refractivity contribution < 1.29 is 22.4 Å². The number of benzene rings is 2. The Morgan fingerprint density at radius 3 is 2.62 bits per heavy atom. The first-order valence-corrected chi connectivity index (χ1v) is 7.18. The number of nitrogens with one attached hydrogen (secondary N) is 1. The molecule has 0 saturated heterocycles. The number of carbonyl (C=O) groups is 1. The molecule has 7 heteroatoms. The first kappa shape index (κ1) is 16.0. The summed E-state index contributed by atoms with van der Waals surface area (Å²) in [5.74, 6) is -0.340. The molecule has 4 nitrogen and oxygen atoms in total. The second-order valence-electron chi connectivity index (χ2n) is 5.29. The highest BCUT2D eigenvalue weighted by Gasteiger charge is 2.31. The Morgan fingerprint density at radius 2 is 1.92 bits per heavy atom. The lowest BCUT2D eigenvalue weighted by Gasteiger charge is -2.12. The largest absolute Gasteiger partial charge is 0.438 e. The third kappa shape index (κ3) is 3.24. The van der Waals surface area contributed by atoms with E-state index in [1.165, 1.54) is 12.1 Å². The number of hydrogen-bond donors (Lipinski definition) is 1. The number of amides is 1. The molecule has 0 fully saturated rings. The van der Waals surface area contributed by atoms with Crippen LogP contribution in [0.1, 0.15) is 34.8 Å². The molecule has 1 aromatic heterocycles. The molecule has 1 heterocycles. The molecule has 0 aliphatic heterocycles. The highest BCUT2D eigenvalue weighted by atomic mass is 19.4. The van der Waals surface area contributed by atoms with Gasteiger partial charge < -0.3 is 9.73 Å². The summed E-state index contributed by atoms with van der Waals surface area (Å²) in [6.45, 7) is 1.65. The van der Waals surface area contributed by atoms with Crippen LogP contribution in [0.4, 0.5) is 13.2 Å². The number of carbonyl (C=O) groups excluding carboxylic acids is 1. The van der Waals surface area contributed by atoms with Crippen molar-refractivity contribution >= 4 is 17.0 Å². The molecule has 0 spiro atoms. The van der Waals surface area contributed by atoms with E-state index in [1.807, 2.05) is 0 Å². The van der Waals surface area contributed by atoms with Crippen molar-refractivity contribution in [3.63, 3.8) is 0 Å². The fourth-order valence-electron chi connectivity index (χ4n) is 2.25. The minimum absolute atomic E-state index is 0.0761. The van der Waals surface area contributed by atoms with E-state index >= 15 is 0 Å². The van der Waals surface area contributed by atoms with Gasteiger partial charge in [0.15, 0.2) is 5.58 Å². The molecule has 3 aromatic rings. The van der Waals surface area contributed by atoms with Crippen LogP contribution in [0.25, 0.3) is 11.1 Å². The molecule has 1 atom stereocenters. The molecule has 0 saturated carbocycles. The van der Waals surface area contributed by atoms with Crippen molar-refractivity contribution in [1.82, 2.24) is 10.3 Å². The van der Waals surface area contributed by atoms with E-state index in [0.717, 1.165) is 12.1 Å². The number of aromatic nitrogens is 1. The first-order valence-electron chi connectivity index (χ1n) is 7.18. The van der Waals surface area contributed by atoms with Gasteiger partial charge in [0.25, 0.3) is 5.91 Å². The van der Waals surface area contributed by atoms with Crippen LogP contribution in [-0.2, 0) is 6.18 Å². The van der Waals surface area contributed by atoms with E-state index in [4.69, 9.17) is 4.42 Å². The summed E-state index contributed by atoms with van der Waals surface area (Å²) in [7, 11) is 0. The molecule has 0 aliphatic rings. The first-order chi connectivity index (χ1) is 11.3. The van der Waals surface area contributed by atoms with E-state index in [-0.39, 0.29) is 11.5 Å². The molecule has 0 bridgehead atoms. The summed E-state index contributed by atoms with van der Waals surface area (Å²) in [4.78, 5) is 16.4. The summed E-state index contributed by atoms with van der Waals surface area (Å²) in [6, 6.07) is 10.8. The Bertz CT molecular complexity index is 854. The van der Waals surface area contributed by atoms with Crippen LogP contribution in [0.3, 0.4) is 0 Å². The minimum atomic E-state index is -4.50. The van der Waals surface area contributed by atoms with E-state index in [2.05, 4.69) is 10.3 Å². The minimum Gasteiger partial charge on any atom is -0.438 e. The maximum Gasteiger partial charge on any atom is 0.416 e. The van der Waals surface area contributed by atoms with Crippen LogP contribution in [0.2, 0.25) is 0 Å². The van der Waals surface area contributed by atoms with Crippen LogP contribution < -0.4 is 5.32 Å². The van der Waals surface area contributed by atoms with Crippen molar-refractivity contribution in [3.05, 3.63) is 65.5 Å². The third-order valence-corrected chi connectivity index (χ3v) is 3.48. The smallest absolute Gasteiger partial charge is 0.416 e. The molecular formula is C17H13F3N2O2. The van der Waals surface area contributed by atoms with Gasteiger partial charge in [-0.2, -0.15) is 13.2 Å². The van der Waals surface area contributed by atoms with Gasteiger partial charge in [0, 0.05) is 5.56 Å². The zero-order valence-electron chi connectivity index (χ0n) is 12.6. The maximum atomic E-state index is 12.7. The number of halogens is 3. The summed E-state index contributed by atoms with van der Waals surface area (Å²) in [6.07, 6.45) is -4.50. The Hall–Kier alpha value is -2.83. The average molecular weight is 334 g/mol. The van der Waals surface area contributed by atoms with Crippen molar-refractivity contribution in [3.8, 4) is 0 Å². The molecule has 1 unspecified atom stereocenters. The van der Waals surface area contributed by atoms with E-state index < -0.39 is 23.7 Å². The summed E-state index contributed by atoms with van der Waals surface area (Å²) in [5.41, 5.74) is 0.276. The molecule has 1 amide bonds.